The minimum absolute atomic E-state index is 0.0799. The Labute approximate surface area is 127 Å². The van der Waals surface area contributed by atoms with E-state index in [0.29, 0.717) is 18.1 Å². The van der Waals surface area contributed by atoms with E-state index in [4.69, 9.17) is 16.9 Å². The zero-order valence-corrected chi connectivity index (χ0v) is 12.0. The lowest BCUT2D eigenvalue weighted by Crippen LogP contribution is -2.35. The molecule has 0 radical (unpaired) electrons. The Morgan fingerprint density at radius 2 is 2.19 bits per heavy atom. The van der Waals surface area contributed by atoms with Gasteiger partial charge >= 0.3 is 0 Å². The lowest BCUT2D eigenvalue weighted by Gasteiger charge is -2.26. The topological polar surface area (TPSA) is 72.8 Å². The summed E-state index contributed by atoms with van der Waals surface area (Å²) in [5.74, 6) is -0.133. The van der Waals surface area contributed by atoms with Crippen molar-refractivity contribution in [3.05, 3.63) is 40.5 Å². The fraction of sp³-hybridized carbons (Fsp3) is 0.267. The monoisotopic (exact) mass is 300 g/mol. The van der Waals surface area contributed by atoms with E-state index < -0.39 is 0 Å². The molecule has 3 rings (SSSR count). The molecule has 21 heavy (non-hydrogen) atoms. The normalized spacial score (nSPS) is 13.6. The quantitative estimate of drug-likeness (QED) is 0.926. The van der Waals surface area contributed by atoms with Crippen LogP contribution >= 0.6 is 11.6 Å². The van der Waals surface area contributed by atoms with E-state index in [1.54, 1.807) is 4.90 Å². The van der Waals surface area contributed by atoms with Gasteiger partial charge in [0, 0.05) is 41.4 Å². The highest BCUT2D eigenvalue weighted by Crippen LogP contribution is 2.29. The second-order valence-electron chi connectivity index (χ2n) is 4.94. The number of rotatable bonds is 2. The zero-order chi connectivity index (χ0) is 14.8. The van der Waals surface area contributed by atoms with Crippen molar-refractivity contribution < 1.29 is 4.79 Å². The van der Waals surface area contributed by atoms with Gasteiger partial charge in [-0.3, -0.25) is 9.89 Å². The number of aromatic amines is 1. The Balaban J connectivity index is 1.91. The molecule has 6 heteroatoms. The predicted molar refractivity (Wildman–Crippen MR) is 78.4 cm³/mol. The van der Waals surface area contributed by atoms with Crippen LogP contribution in [0.4, 0.5) is 0 Å². The maximum absolute atomic E-state index is 11.9. The van der Waals surface area contributed by atoms with Gasteiger partial charge < -0.3 is 4.90 Å². The lowest BCUT2D eigenvalue weighted by atomic mass is 10.0. The van der Waals surface area contributed by atoms with Crippen LogP contribution in [0, 0.1) is 11.3 Å². The van der Waals surface area contributed by atoms with Crippen molar-refractivity contribution in [1.29, 1.82) is 5.26 Å². The molecular formula is C15H13ClN4O. The van der Waals surface area contributed by atoms with Gasteiger partial charge in [-0.2, -0.15) is 10.4 Å². The minimum atomic E-state index is -0.133. The summed E-state index contributed by atoms with van der Waals surface area (Å²) in [7, 11) is 0. The smallest absolute Gasteiger partial charge is 0.237 e. The number of hydrogen-bond donors (Lipinski definition) is 1. The summed E-state index contributed by atoms with van der Waals surface area (Å²) in [5, 5.41) is 16.7. The Bertz CT molecular complexity index is 714. The molecule has 0 unspecified atom stereocenters. The van der Waals surface area contributed by atoms with E-state index in [-0.39, 0.29) is 12.3 Å². The van der Waals surface area contributed by atoms with Crippen molar-refractivity contribution in [2.75, 3.05) is 6.54 Å². The van der Waals surface area contributed by atoms with Gasteiger partial charge in [-0.15, -0.1) is 0 Å². The Morgan fingerprint density at radius 1 is 1.43 bits per heavy atom. The highest BCUT2D eigenvalue weighted by atomic mass is 35.5. The predicted octanol–water partition coefficient (Wildman–Crippen LogP) is 2.53. The van der Waals surface area contributed by atoms with Crippen LogP contribution in [-0.2, 0) is 17.8 Å². The third-order valence-electron chi connectivity index (χ3n) is 3.63. The number of halogens is 1. The van der Waals surface area contributed by atoms with Gasteiger partial charge in [0.1, 0.15) is 6.42 Å². The van der Waals surface area contributed by atoms with Gasteiger partial charge in [-0.05, 0) is 12.1 Å². The highest BCUT2D eigenvalue weighted by Gasteiger charge is 2.25. The van der Waals surface area contributed by atoms with E-state index in [9.17, 15) is 4.79 Å². The molecule has 1 amide bonds. The van der Waals surface area contributed by atoms with Crippen molar-refractivity contribution in [2.24, 2.45) is 0 Å². The van der Waals surface area contributed by atoms with Crippen LogP contribution in [-0.4, -0.2) is 27.5 Å². The summed E-state index contributed by atoms with van der Waals surface area (Å²) >= 11 is 5.90. The number of nitrogens with zero attached hydrogens (tertiary/aromatic N) is 3. The molecule has 1 aliphatic heterocycles. The molecule has 0 fully saturated rings. The summed E-state index contributed by atoms with van der Waals surface area (Å²) in [6.45, 7) is 1.11. The van der Waals surface area contributed by atoms with Gasteiger partial charge in [-0.25, -0.2) is 0 Å². The molecule has 2 heterocycles. The molecule has 106 valence electrons. The van der Waals surface area contributed by atoms with Crippen molar-refractivity contribution in [2.45, 2.75) is 19.4 Å². The number of amides is 1. The lowest BCUT2D eigenvalue weighted by molar-refractivity contribution is -0.131. The SMILES string of the molecule is N#CCC(=O)N1CCc2[nH]nc(-c3ccc(Cl)cc3)c2C1. The zero-order valence-electron chi connectivity index (χ0n) is 11.3. The number of carbonyl (C=O) groups is 1. The first-order valence-corrected chi connectivity index (χ1v) is 7.03. The maximum Gasteiger partial charge on any atom is 0.237 e. The summed E-state index contributed by atoms with van der Waals surface area (Å²) in [5.41, 5.74) is 3.89. The summed E-state index contributed by atoms with van der Waals surface area (Å²) in [6.07, 6.45) is 0.649. The first-order chi connectivity index (χ1) is 10.2. The summed E-state index contributed by atoms with van der Waals surface area (Å²) in [6, 6.07) is 9.37. The van der Waals surface area contributed by atoms with Crippen LogP contribution < -0.4 is 0 Å². The maximum atomic E-state index is 11.9. The molecule has 0 atom stereocenters. The van der Waals surface area contributed by atoms with Gasteiger partial charge in [0.25, 0.3) is 0 Å². The molecular weight excluding hydrogens is 288 g/mol. The van der Waals surface area contributed by atoms with E-state index in [0.717, 1.165) is 28.9 Å². The molecule has 2 aromatic rings. The first kappa shape index (κ1) is 13.7. The fourth-order valence-corrected chi connectivity index (χ4v) is 2.66. The number of H-pyrrole nitrogens is 1. The Morgan fingerprint density at radius 3 is 2.90 bits per heavy atom. The van der Waals surface area contributed by atoms with Crippen LogP contribution in [0.1, 0.15) is 17.7 Å². The number of carbonyl (C=O) groups excluding carboxylic acids is 1. The Kier molecular flexibility index (Phi) is 3.63. The number of fused-ring (bicyclic) bond motifs is 1. The third kappa shape index (κ3) is 2.63. The number of aromatic nitrogens is 2. The van der Waals surface area contributed by atoms with E-state index in [1.807, 2.05) is 30.3 Å². The molecule has 0 saturated heterocycles. The van der Waals surface area contributed by atoms with E-state index >= 15 is 0 Å². The molecule has 5 nitrogen and oxygen atoms in total. The molecule has 0 spiro atoms. The molecule has 0 bridgehead atoms. The second-order valence-corrected chi connectivity index (χ2v) is 5.37. The van der Waals surface area contributed by atoms with E-state index in [1.165, 1.54) is 0 Å². The molecule has 0 aliphatic carbocycles. The van der Waals surface area contributed by atoms with Crippen molar-refractivity contribution in [3.8, 4) is 17.3 Å². The highest BCUT2D eigenvalue weighted by molar-refractivity contribution is 6.30. The number of nitrogens with one attached hydrogen (secondary N) is 1. The number of benzene rings is 1. The minimum Gasteiger partial charge on any atom is -0.337 e. The standard InChI is InChI=1S/C15H13ClN4O/c16-11-3-1-10(2-4-11)15-12-9-20(14(21)5-7-17)8-6-13(12)18-19-15/h1-4H,5-6,8-9H2,(H,18,19). The third-order valence-corrected chi connectivity index (χ3v) is 3.89. The summed E-state index contributed by atoms with van der Waals surface area (Å²) < 4.78 is 0. The molecule has 1 aromatic heterocycles. The van der Waals surface area contributed by atoms with Crippen LogP contribution in [0.2, 0.25) is 5.02 Å². The average molecular weight is 301 g/mol. The first-order valence-electron chi connectivity index (χ1n) is 6.66. The Hall–Kier alpha value is -2.32. The second kappa shape index (κ2) is 5.58. The van der Waals surface area contributed by atoms with Gasteiger partial charge in [0.05, 0.1) is 11.8 Å². The van der Waals surface area contributed by atoms with Crippen molar-refractivity contribution in [1.82, 2.24) is 15.1 Å². The van der Waals surface area contributed by atoms with Crippen LogP contribution in [0.15, 0.2) is 24.3 Å². The number of hydrogen-bond acceptors (Lipinski definition) is 3. The fourth-order valence-electron chi connectivity index (χ4n) is 2.53. The van der Waals surface area contributed by atoms with Crippen molar-refractivity contribution in [3.63, 3.8) is 0 Å². The van der Waals surface area contributed by atoms with Crippen LogP contribution in [0.3, 0.4) is 0 Å². The summed E-state index contributed by atoms with van der Waals surface area (Å²) in [4.78, 5) is 13.6. The van der Waals surface area contributed by atoms with Crippen LogP contribution in [0.25, 0.3) is 11.3 Å². The van der Waals surface area contributed by atoms with Crippen LogP contribution in [0.5, 0.6) is 0 Å². The molecule has 0 saturated carbocycles. The van der Waals surface area contributed by atoms with E-state index in [2.05, 4.69) is 10.2 Å². The van der Waals surface area contributed by atoms with Crippen molar-refractivity contribution >= 4 is 17.5 Å². The van der Waals surface area contributed by atoms with Gasteiger partial charge in [0.15, 0.2) is 0 Å². The molecule has 1 N–H and O–H groups in total. The van der Waals surface area contributed by atoms with Gasteiger partial charge in [-0.1, -0.05) is 23.7 Å². The average Bonchev–Trinajstić information content (AvgIpc) is 2.91. The number of nitriles is 1. The molecule has 1 aliphatic rings. The largest absolute Gasteiger partial charge is 0.337 e. The molecule has 1 aromatic carbocycles. The van der Waals surface area contributed by atoms with Gasteiger partial charge in [0.2, 0.25) is 5.91 Å².